The number of nitrogens with zero attached hydrogens (tertiary/aromatic N) is 1. The van der Waals surface area contributed by atoms with Crippen LogP contribution in [-0.4, -0.2) is 37.6 Å². The Hall–Kier alpha value is -2.39. The standard InChI is InChI=1S/C44H75NO2/c1-6-8-9-10-11-12-13-14-15-16-17-21-24-27-30-33-38-43(47-44(46)40-35-41-45(4)5)39-34-31-28-25-22-19-18-20-23-26-29-32-37-42(3)36-7-2/h11-12,14-15,17,19-23,29,32,37,43H,6-10,13,16,18,24-28,30-31,33-36,38-41H2,1-5H3/b12-11-,15-14-,21-17-,22-19-,23-20-,32-29-,42-37-. The minimum atomic E-state index is -0.0191. The Morgan fingerprint density at radius 1 is 0.574 bits per heavy atom. The Morgan fingerprint density at radius 2 is 1.06 bits per heavy atom. The minimum Gasteiger partial charge on any atom is -0.462 e. The lowest BCUT2D eigenvalue weighted by atomic mass is 10.0. The Labute approximate surface area is 293 Å². The molecule has 0 heterocycles. The molecule has 1 atom stereocenters. The molecule has 0 radical (unpaired) electrons. The molecule has 0 aromatic rings. The quantitative estimate of drug-likeness (QED) is 0.0314. The summed E-state index contributed by atoms with van der Waals surface area (Å²) in [6.07, 6.45) is 53.9. The number of ether oxygens (including phenoxy) is 1. The first-order valence-electron chi connectivity index (χ1n) is 19.4. The summed E-state index contributed by atoms with van der Waals surface area (Å²) in [6, 6.07) is 0. The van der Waals surface area contributed by atoms with Crippen LogP contribution in [0.2, 0.25) is 0 Å². The second-order valence-electron chi connectivity index (χ2n) is 13.3. The molecule has 268 valence electrons. The van der Waals surface area contributed by atoms with Crippen molar-refractivity contribution in [3.8, 4) is 0 Å². The number of unbranched alkanes of at least 4 members (excludes halogenated alkanes) is 9. The Kier molecular flexibility index (Phi) is 34.6. The molecule has 0 rings (SSSR count). The smallest absolute Gasteiger partial charge is 0.306 e. The molecule has 0 aromatic heterocycles. The van der Waals surface area contributed by atoms with Gasteiger partial charge in [-0.3, -0.25) is 4.79 Å². The van der Waals surface area contributed by atoms with E-state index >= 15 is 0 Å². The highest BCUT2D eigenvalue weighted by molar-refractivity contribution is 5.69. The van der Waals surface area contributed by atoms with E-state index in [1.54, 1.807) is 0 Å². The Morgan fingerprint density at radius 3 is 1.55 bits per heavy atom. The third kappa shape index (κ3) is 36.3. The first-order chi connectivity index (χ1) is 23.0. The molecular weight excluding hydrogens is 574 g/mol. The number of carbonyl (C=O) groups is 1. The van der Waals surface area contributed by atoms with Gasteiger partial charge in [0, 0.05) is 6.42 Å². The number of carbonyl (C=O) groups excluding carboxylic acids is 1. The van der Waals surface area contributed by atoms with Crippen LogP contribution in [0.4, 0.5) is 0 Å². The van der Waals surface area contributed by atoms with Gasteiger partial charge in [-0.1, -0.05) is 131 Å². The van der Waals surface area contributed by atoms with Crippen molar-refractivity contribution >= 4 is 5.97 Å². The van der Waals surface area contributed by atoms with Crippen molar-refractivity contribution in [3.63, 3.8) is 0 Å². The summed E-state index contributed by atoms with van der Waals surface area (Å²) in [6.45, 7) is 7.60. The minimum absolute atomic E-state index is 0.0191. The normalized spacial score (nSPS) is 13.7. The van der Waals surface area contributed by atoms with Crippen molar-refractivity contribution in [1.29, 1.82) is 0 Å². The summed E-state index contributed by atoms with van der Waals surface area (Å²) in [5, 5.41) is 0. The predicted octanol–water partition coefficient (Wildman–Crippen LogP) is 13.4. The van der Waals surface area contributed by atoms with E-state index in [1.807, 2.05) is 14.1 Å². The molecule has 0 saturated heterocycles. The third-order valence-electron chi connectivity index (χ3n) is 8.14. The zero-order valence-electron chi connectivity index (χ0n) is 31.6. The lowest BCUT2D eigenvalue weighted by Crippen LogP contribution is -2.20. The predicted molar refractivity (Wildman–Crippen MR) is 210 cm³/mol. The molecule has 0 fully saturated rings. The van der Waals surface area contributed by atoms with E-state index in [-0.39, 0.29) is 12.1 Å². The molecule has 0 aliphatic rings. The van der Waals surface area contributed by atoms with E-state index < -0.39 is 0 Å². The molecule has 0 aromatic carbocycles. The van der Waals surface area contributed by atoms with Crippen molar-refractivity contribution in [3.05, 3.63) is 84.6 Å². The van der Waals surface area contributed by atoms with Gasteiger partial charge in [-0.2, -0.15) is 0 Å². The van der Waals surface area contributed by atoms with Crippen molar-refractivity contribution < 1.29 is 9.53 Å². The maximum Gasteiger partial charge on any atom is 0.306 e. The molecule has 0 bridgehead atoms. The number of hydrogen-bond acceptors (Lipinski definition) is 3. The van der Waals surface area contributed by atoms with Gasteiger partial charge < -0.3 is 9.64 Å². The molecular formula is C44H75NO2. The van der Waals surface area contributed by atoms with Crippen LogP contribution in [0.25, 0.3) is 0 Å². The molecule has 1 unspecified atom stereocenters. The SMILES string of the molecule is CCCCC/C=C\C/C=C\C/C=C\CCCCCC(CCCCC/C=C\C/C=C\C/C=C\C=C(\C)CCC)OC(=O)CCCN(C)C. The number of rotatable bonds is 32. The second-order valence-corrected chi connectivity index (χ2v) is 13.3. The van der Waals surface area contributed by atoms with Crippen molar-refractivity contribution in [2.24, 2.45) is 0 Å². The average Bonchev–Trinajstić information content (AvgIpc) is 3.04. The van der Waals surface area contributed by atoms with Crippen molar-refractivity contribution in [2.45, 2.75) is 168 Å². The van der Waals surface area contributed by atoms with Gasteiger partial charge in [0.2, 0.25) is 0 Å². The van der Waals surface area contributed by atoms with Gasteiger partial charge in [0.05, 0.1) is 0 Å². The molecule has 0 N–H and O–H groups in total. The molecule has 3 heteroatoms. The van der Waals surface area contributed by atoms with Crippen LogP contribution in [0.5, 0.6) is 0 Å². The highest BCUT2D eigenvalue weighted by Gasteiger charge is 2.14. The Bertz CT molecular complexity index is 902. The topological polar surface area (TPSA) is 29.5 Å². The Balaban J connectivity index is 4.20. The van der Waals surface area contributed by atoms with Crippen LogP contribution >= 0.6 is 0 Å². The van der Waals surface area contributed by atoms with Crippen LogP contribution in [0, 0.1) is 0 Å². The van der Waals surface area contributed by atoms with Crippen molar-refractivity contribution in [2.75, 3.05) is 20.6 Å². The van der Waals surface area contributed by atoms with E-state index in [0.29, 0.717) is 6.42 Å². The molecule has 0 spiro atoms. The molecule has 47 heavy (non-hydrogen) atoms. The zero-order chi connectivity index (χ0) is 34.5. The highest BCUT2D eigenvalue weighted by atomic mass is 16.5. The van der Waals surface area contributed by atoms with Gasteiger partial charge >= 0.3 is 5.97 Å². The largest absolute Gasteiger partial charge is 0.462 e. The summed E-state index contributed by atoms with van der Waals surface area (Å²) in [7, 11) is 4.10. The van der Waals surface area contributed by atoms with Crippen LogP contribution in [0.1, 0.15) is 162 Å². The van der Waals surface area contributed by atoms with E-state index in [9.17, 15) is 4.79 Å². The van der Waals surface area contributed by atoms with Crippen LogP contribution in [-0.2, 0) is 9.53 Å². The summed E-state index contributed by atoms with van der Waals surface area (Å²) in [5.41, 5.74) is 1.45. The molecule has 0 aliphatic carbocycles. The first-order valence-corrected chi connectivity index (χ1v) is 19.4. The number of esters is 1. The van der Waals surface area contributed by atoms with Gasteiger partial charge in [-0.25, -0.2) is 0 Å². The maximum atomic E-state index is 12.5. The number of allylic oxidation sites excluding steroid dienone is 14. The fraction of sp³-hybridized carbons (Fsp3) is 0.659. The van der Waals surface area contributed by atoms with E-state index in [4.69, 9.17) is 4.74 Å². The van der Waals surface area contributed by atoms with E-state index in [2.05, 4.69) is 105 Å². The van der Waals surface area contributed by atoms with Gasteiger partial charge in [0.15, 0.2) is 0 Å². The van der Waals surface area contributed by atoms with Gasteiger partial charge in [0.1, 0.15) is 6.10 Å². The van der Waals surface area contributed by atoms with Crippen LogP contribution < -0.4 is 0 Å². The van der Waals surface area contributed by atoms with Gasteiger partial charge in [0.25, 0.3) is 0 Å². The fourth-order valence-corrected chi connectivity index (χ4v) is 5.31. The molecule has 0 saturated carbocycles. The first kappa shape index (κ1) is 44.6. The maximum absolute atomic E-state index is 12.5. The second kappa shape index (κ2) is 36.4. The average molecular weight is 650 g/mol. The summed E-state index contributed by atoms with van der Waals surface area (Å²) in [5.74, 6) is -0.0191. The van der Waals surface area contributed by atoms with Gasteiger partial charge in [-0.05, 0) is 130 Å². The van der Waals surface area contributed by atoms with Crippen molar-refractivity contribution in [1.82, 2.24) is 4.90 Å². The fourth-order valence-electron chi connectivity index (χ4n) is 5.31. The van der Waals surface area contributed by atoms with Crippen LogP contribution in [0.3, 0.4) is 0 Å². The monoisotopic (exact) mass is 650 g/mol. The lowest BCUT2D eigenvalue weighted by Gasteiger charge is -2.18. The lowest BCUT2D eigenvalue weighted by molar-refractivity contribution is -0.150. The van der Waals surface area contributed by atoms with E-state index in [0.717, 1.165) is 77.2 Å². The van der Waals surface area contributed by atoms with Crippen LogP contribution in [0.15, 0.2) is 84.6 Å². The summed E-state index contributed by atoms with van der Waals surface area (Å²) < 4.78 is 5.97. The zero-order valence-corrected chi connectivity index (χ0v) is 31.6. The van der Waals surface area contributed by atoms with E-state index in [1.165, 1.54) is 69.8 Å². The van der Waals surface area contributed by atoms with Gasteiger partial charge in [-0.15, -0.1) is 0 Å². The molecule has 3 nitrogen and oxygen atoms in total. The summed E-state index contributed by atoms with van der Waals surface area (Å²) >= 11 is 0. The summed E-state index contributed by atoms with van der Waals surface area (Å²) in [4.78, 5) is 14.6. The number of hydrogen-bond donors (Lipinski definition) is 0. The molecule has 0 aliphatic heterocycles. The molecule has 0 amide bonds. The third-order valence-corrected chi connectivity index (χ3v) is 8.14. The highest BCUT2D eigenvalue weighted by Crippen LogP contribution is 2.17.